The fourth-order valence-corrected chi connectivity index (χ4v) is 5.92. The SMILES string of the molecule is COc1ccc2c3c1O[C@H]1C(=O)[C@@H](CO)CC4C(C2)N(C)CCC341. The average molecular weight is 329 g/mol. The van der Waals surface area contributed by atoms with E-state index in [0.717, 1.165) is 37.3 Å². The molecule has 1 aromatic carbocycles. The Bertz CT molecular complexity index is 732. The van der Waals surface area contributed by atoms with E-state index in [1.807, 2.05) is 6.07 Å². The average Bonchev–Trinajstić information content (AvgIpc) is 2.94. The van der Waals surface area contributed by atoms with Crippen molar-refractivity contribution in [1.29, 1.82) is 0 Å². The number of aliphatic hydroxyl groups is 1. The highest BCUT2D eigenvalue weighted by molar-refractivity contribution is 5.91. The van der Waals surface area contributed by atoms with Crippen LogP contribution in [0.1, 0.15) is 24.0 Å². The highest BCUT2D eigenvalue weighted by Crippen LogP contribution is 2.63. The number of benzene rings is 1. The van der Waals surface area contributed by atoms with E-state index in [9.17, 15) is 9.90 Å². The van der Waals surface area contributed by atoms with Crippen molar-refractivity contribution in [3.63, 3.8) is 0 Å². The molecule has 4 aliphatic rings. The molecule has 1 saturated heterocycles. The Labute approximate surface area is 141 Å². The third kappa shape index (κ3) is 1.51. The number of likely N-dealkylation sites (N-methyl/N-ethyl adjacent to an activating group) is 1. The first kappa shape index (κ1) is 14.7. The van der Waals surface area contributed by atoms with Gasteiger partial charge in [-0.2, -0.15) is 0 Å². The summed E-state index contributed by atoms with van der Waals surface area (Å²) < 4.78 is 11.8. The number of ether oxygens (including phenoxy) is 2. The molecule has 128 valence electrons. The number of hydrogen-bond donors (Lipinski definition) is 1. The summed E-state index contributed by atoms with van der Waals surface area (Å²) in [7, 11) is 3.83. The van der Waals surface area contributed by atoms with E-state index < -0.39 is 6.10 Å². The van der Waals surface area contributed by atoms with Crippen molar-refractivity contribution in [2.75, 3.05) is 27.3 Å². The fraction of sp³-hybridized carbons (Fsp3) is 0.632. The maximum atomic E-state index is 13.0. The molecule has 2 bridgehead atoms. The first-order chi connectivity index (χ1) is 11.6. The van der Waals surface area contributed by atoms with Crippen LogP contribution in [0.15, 0.2) is 12.1 Å². The lowest BCUT2D eigenvalue weighted by Gasteiger charge is -2.58. The number of hydrogen-bond acceptors (Lipinski definition) is 5. The second kappa shape index (κ2) is 4.73. The molecule has 1 saturated carbocycles. The molecule has 24 heavy (non-hydrogen) atoms. The van der Waals surface area contributed by atoms with Gasteiger partial charge in [0.15, 0.2) is 23.4 Å². The fourth-order valence-electron chi connectivity index (χ4n) is 5.92. The lowest BCUT2D eigenvalue weighted by molar-refractivity contribution is -0.146. The number of Topliss-reactive ketones (excluding diaryl/α,β-unsaturated/α-hetero) is 1. The van der Waals surface area contributed by atoms with Crippen molar-refractivity contribution in [2.24, 2.45) is 11.8 Å². The summed E-state index contributed by atoms with van der Waals surface area (Å²) in [6, 6.07) is 4.53. The molecule has 2 aliphatic heterocycles. The summed E-state index contributed by atoms with van der Waals surface area (Å²) in [5.74, 6) is 1.63. The van der Waals surface area contributed by atoms with Gasteiger partial charge < -0.3 is 19.5 Å². The van der Waals surface area contributed by atoms with Gasteiger partial charge in [0.05, 0.1) is 13.7 Å². The Balaban J connectivity index is 1.77. The molecule has 2 aliphatic carbocycles. The number of nitrogens with zero attached hydrogens (tertiary/aromatic N) is 1. The van der Waals surface area contributed by atoms with Gasteiger partial charge in [-0.3, -0.25) is 4.79 Å². The summed E-state index contributed by atoms with van der Waals surface area (Å²) in [4.78, 5) is 15.5. The Hall–Kier alpha value is -1.59. The highest BCUT2D eigenvalue weighted by atomic mass is 16.5. The number of methoxy groups -OCH3 is 1. The number of rotatable bonds is 2. The van der Waals surface area contributed by atoms with E-state index in [1.54, 1.807) is 7.11 Å². The van der Waals surface area contributed by atoms with Gasteiger partial charge in [0, 0.05) is 22.9 Å². The minimum absolute atomic E-state index is 0.0724. The van der Waals surface area contributed by atoms with Gasteiger partial charge in [-0.15, -0.1) is 0 Å². The van der Waals surface area contributed by atoms with E-state index in [0.29, 0.717) is 12.0 Å². The summed E-state index contributed by atoms with van der Waals surface area (Å²) in [5.41, 5.74) is 2.31. The maximum Gasteiger partial charge on any atom is 0.179 e. The molecule has 3 unspecified atom stereocenters. The molecule has 2 fully saturated rings. The number of piperidine rings is 1. The maximum absolute atomic E-state index is 13.0. The van der Waals surface area contributed by atoms with E-state index >= 15 is 0 Å². The number of ketones is 1. The van der Waals surface area contributed by atoms with E-state index in [2.05, 4.69) is 18.0 Å². The van der Waals surface area contributed by atoms with Gasteiger partial charge in [-0.1, -0.05) is 6.07 Å². The third-order valence-corrected chi connectivity index (χ3v) is 7.02. The van der Waals surface area contributed by atoms with Gasteiger partial charge >= 0.3 is 0 Å². The summed E-state index contributed by atoms with van der Waals surface area (Å²) in [6.07, 6.45) is 2.22. The van der Waals surface area contributed by atoms with Crippen LogP contribution in [0.3, 0.4) is 0 Å². The molecule has 2 heterocycles. The van der Waals surface area contributed by atoms with Crippen LogP contribution in [-0.4, -0.2) is 55.2 Å². The number of carbonyl (C=O) groups is 1. The summed E-state index contributed by atoms with van der Waals surface area (Å²) >= 11 is 0. The monoisotopic (exact) mass is 329 g/mol. The molecule has 5 rings (SSSR count). The van der Waals surface area contributed by atoms with E-state index in [1.165, 1.54) is 11.1 Å². The van der Waals surface area contributed by atoms with Crippen molar-refractivity contribution < 1.29 is 19.4 Å². The molecule has 0 amide bonds. The van der Waals surface area contributed by atoms with E-state index in [-0.39, 0.29) is 23.7 Å². The summed E-state index contributed by atoms with van der Waals surface area (Å²) in [5, 5.41) is 9.74. The smallest absolute Gasteiger partial charge is 0.179 e. The van der Waals surface area contributed by atoms with Gasteiger partial charge in [-0.05, 0) is 50.4 Å². The zero-order chi connectivity index (χ0) is 16.6. The Morgan fingerprint density at radius 1 is 1.46 bits per heavy atom. The van der Waals surface area contributed by atoms with Gasteiger partial charge in [-0.25, -0.2) is 0 Å². The molecule has 1 N–H and O–H groups in total. The molecule has 1 spiro atoms. The second-order valence-corrected chi connectivity index (χ2v) is 7.80. The van der Waals surface area contributed by atoms with Crippen LogP contribution in [0.4, 0.5) is 0 Å². The Kier molecular flexibility index (Phi) is 2.90. The number of aliphatic hydroxyl groups excluding tert-OH is 1. The molecular formula is C19H23NO4. The molecule has 0 aromatic heterocycles. The Morgan fingerprint density at radius 3 is 3.04 bits per heavy atom. The zero-order valence-electron chi connectivity index (χ0n) is 14.1. The van der Waals surface area contributed by atoms with Crippen LogP contribution in [0.2, 0.25) is 0 Å². The van der Waals surface area contributed by atoms with Gasteiger partial charge in [0.1, 0.15) is 0 Å². The second-order valence-electron chi connectivity index (χ2n) is 7.80. The third-order valence-electron chi connectivity index (χ3n) is 7.02. The van der Waals surface area contributed by atoms with Crippen molar-refractivity contribution in [1.82, 2.24) is 4.90 Å². The zero-order valence-corrected chi connectivity index (χ0v) is 14.1. The molecule has 5 atom stereocenters. The van der Waals surface area contributed by atoms with Crippen molar-refractivity contribution >= 4 is 5.78 Å². The molecule has 0 radical (unpaired) electrons. The van der Waals surface area contributed by atoms with Crippen LogP contribution >= 0.6 is 0 Å². The standard InChI is InChI=1S/C19H23NO4/c1-20-6-5-19-12-7-11(9-21)16(22)18(19)24-17-14(23-2)4-3-10(15(17)19)8-13(12)20/h3-4,11-13,18,21H,5-9H2,1-2H3/t11-,12?,13?,18+,19?/m1/s1. The van der Waals surface area contributed by atoms with E-state index in [4.69, 9.17) is 9.47 Å². The quantitative estimate of drug-likeness (QED) is 0.882. The topological polar surface area (TPSA) is 59.0 Å². The summed E-state index contributed by atoms with van der Waals surface area (Å²) in [6.45, 7) is 0.899. The van der Waals surface area contributed by atoms with Crippen molar-refractivity contribution in [2.45, 2.75) is 36.8 Å². The minimum atomic E-state index is -0.463. The van der Waals surface area contributed by atoms with Gasteiger partial charge in [0.2, 0.25) is 0 Å². The predicted octanol–water partition coefficient (Wildman–Crippen LogP) is 1.15. The largest absolute Gasteiger partial charge is 0.493 e. The van der Waals surface area contributed by atoms with Crippen LogP contribution in [0.25, 0.3) is 0 Å². The van der Waals surface area contributed by atoms with Crippen molar-refractivity contribution in [3.05, 3.63) is 23.3 Å². The lowest BCUT2D eigenvalue weighted by Crippen LogP contribution is -2.67. The Morgan fingerprint density at radius 2 is 2.29 bits per heavy atom. The molecule has 5 nitrogen and oxygen atoms in total. The number of likely N-dealkylation sites (tertiary alicyclic amines) is 1. The molecular weight excluding hydrogens is 306 g/mol. The minimum Gasteiger partial charge on any atom is -0.493 e. The first-order valence-electron chi connectivity index (χ1n) is 8.83. The predicted molar refractivity (Wildman–Crippen MR) is 87.5 cm³/mol. The highest BCUT2D eigenvalue weighted by Gasteiger charge is 2.67. The van der Waals surface area contributed by atoms with Crippen LogP contribution < -0.4 is 9.47 Å². The van der Waals surface area contributed by atoms with Crippen LogP contribution in [0, 0.1) is 11.8 Å². The first-order valence-corrected chi connectivity index (χ1v) is 8.83. The van der Waals surface area contributed by atoms with Crippen LogP contribution in [-0.2, 0) is 16.6 Å². The van der Waals surface area contributed by atoms with Crippen LogP contribution in [0.5, 0.6) is 11.5 Å². The number of carbonyl (C=O) groups excluding carboxylic acids is 1. The normalized spacial score (nSPS) is 39.4. The molecule has 5 heteroatoms. The lowest BCUT2D eigenvalue weighted by atomic mass is 9.50. The molecule has 1 aromatic rings. The van der Waals surface area contributed by atoms with Gasteiger partial charge in [0.25, 0.3) is 0 Å². The van der Waals surface area contributed by atoms with Crippen molar-refractivity contribution in [3.8, 4) is 11.5 Å².